The topological polar surface area (TPSA) is 66.8 Å². The normalized spacial score (nSPS) is 14.0. The first-order valence-electron chi connectivity index (χ1n) is 12.4. The summed E-state index contributed by atoms with van der Waals surface area (Å²) >= 11 is 0. The molecule has 0 bridgehead atoms. The molecule has 0 amide bonds. The van der Waals surface area contributed by atoms with Crippen LogP contribution in [0, 0.1) is 0 Å². The Hall–Kier alpha value is 0.186. The first-order chi connectivity index (χ1) is 15.4. The maximum Gasteiger partial charge on any atom is 1.00 e. The maximum absolute atomic E-state index is 12.4. The van der Waals surface area contributed by atoms with E-state index in [4.69, 9.17) is 4.52 Å². The predicted octanol–water partition coefficient (Wildman–Crippen LogP) is 5.37. The van der Waals surface area contributed by atoms with Crippen molar-refractivity contribution in [3.05, 3.63) is 69.8 Å². The van der Waals surface area contributed by atoms with E-state index in [2.05, 4.69) is 107 Å². The zero-order valence-corrected chi connectivity index (χ0v) is 29.1. The molecule has 0 spiro atoms. The molecular formula is C30H48KO4P. The van der Waals surface area contributed by atoms with Gasteiger partial charge in [0, 0.05) is 0 Å². The van der Waals surface area contributed by atoms with Gasteiger partial charge in [-0.15, -0.1) is 0 Å². The van der Waals surface area contributed by atoms with Crippen LogP contribution < -0.4 is 51.4 Å². The van der Waals surface area contributed by atoms with Crippen LogP contribution in [0.2, 0.25) is 0 Å². The molecule has 0 saturated carbocycles. The van der Waals surface area contributed by atoms with Crippen molar-refractivity contribution in [1.82, 2.24) is 0 Å². The number of rotatable bonds is 4. The van der Waals surface area contributed by atoms with Crippen LogP contribution in [-0.2, 0) is 36.3 Å². The van der Waals surface area contributed by atoms with Crippen LogP contribution in [0.3, 0.4) is 0 Å². The van der Waals surface area contributed by atoms with E-state index in [0.717, 1.165) is 22.3 Å². The molecule has 6 heteroatoms. The van der Waals surface area contributed by atoms with Crippen molar-refractivity contribution >= 4 is 7.82 Å². The summed E-state index contributed by atoms with van der Waals surface area (Å²) in [7, 11) is -4.85. The third-order valence-electron chi connectivity index (χ3n) is 6.72. The molecule has 0 aliphatic heterocycles. The first-order valence-corrected chi connectivity index (χ1v) is 14.0. The van der Waals surface area contributed by atoms with Gasteiger partial charge in [-0.1, -0.05) is 119 Å². The smallest absolute Gasteiger partial charge is 1.00 e. The second-order valence-electron chi connectivity index (χ2n) is 14.1. The molecule has 4 nitrogen and oxygen atoms in total. The van der Waals surface area contributed by atoms with Gasteiger partial charge in [-0.05, 0) is 62.0 Å². The number of hydrogen-bond donors (Lipinski definition) is 2. The Morgan fingerprint density at radius 3 is 1.11 bits per heavy atom. The fourth-order valence-electron chi connectivity index (χ4n) is 4.58. The summed E-state index contributed by atoms with van der Waals surface area (Å²) in [6, 6.07) is 12.5. The van der Waals surface area contributed by atoms with Gasteiger partial charge in [0.25, 0.3) is 0 Å². The van der Waals surface area contributed by atoms with E-state index in [1.165, 1.54) is 11.1 Å². The van der Waals surface area contributed by atoms with E-state index in [0.29, 0.717) is 0 Å². The monoisotopic (exact) mass is 542 g/mol. The molecule has 0 atom stereocenters. The molecule has 2 N–H and O–H groups in total. The Labute approximate surface area is 264 Å². The van der Waals surface area contributed by atoms with Crippen LogP contribution in [0.15, 0.2) is 36.4 Å². The molecule has 0 radical (unpaired) electrons. The van der Waals surface area contributed by atoms with Crippen molar-refractivity contribution in [2.24, 2.45) is 0 Å². The van der Waals surface area contributed by atoms with Gasteiger partial charge in [0.05, 0.1) is 0 Å². The number of phosphoric acid groups is 1. The minimum atomic E-state index is -4.85. The summed E-state index contributed by atoms with van der Waals surface area (Å²) < 4.78 is 18.2. The van der Waals surface area contributed by atoms with E-state index in [-0.39, 0.29) is 74.5 Å². The minimum absolute atomic E-state index is 0. The number of phosphoric ester groups is 1. The Morgan fingerprint density at radius 2 is 0.889 bits per heavy atom. The van der Waals surface area contributed by atoms with Gasteiger partial charge in [0.15, 0.2) is 0 Å². The van der Waals surface area contributed by atoms with E-state index in [1.54, 1.807) is 6.92 Å². The summed E-state index contributed by atoms with van der Waals surface area (Å²) in [5, 5.41) is 0. The molecule has 0 saturated heterocycles. The van der Waals surface area contributed by atoms with E-state index in [1.807, 2.05) is 12.1 Å². The molecule has 0 unspecified atom stereocenters. The summed E-state index contributed by atoms with van der Waals surface area (Å²) in [5.41, 5.74) is 3.87. The maximum atomic E-state index is 12.4. The molecular weight excluding hydrogens is 494 g/mol. The number of hydrogen-bond acceptors (Lipinski definition) is 2. The Morgan fingerprint density at radius 1 is 0.583 bits per heavy atom. The van der Waals surface area contributed by atoms with E-state index in [9.17, 15) is 14.4 Å². The van der Waals surface area contributed by atoms with Gasteiger partial charge in [-0.2, -0.15) is 0 Å². The van der Waals surface area contributed by atoms with Crippen LogP contribution in [0.5, 0.6) is 0 Å². The van der Waals surface area contributed by atoms with Gasteiger partial charge < -0.3 is 11.2 Å². The third-order valence-corrected chi connectivity index (χ3v) is 7.32. The number of benzene rings is 2. The molecule has 2 rings (SSSR count). The third kappa shape index (κ3) is 8.10. The quantitative estimate of drug-likeness (QED) is 0.403. The van der Waals surface area contributed by atoms with Crippen molar-refractivity contribution in [2.75, 3.05) is 0 Å². The standard InChI is InChI=1S/C30H47O4P.K.H/c1-26(2,3)20-14-16-22(24(18-20)28(7,8)9)30(13,34-35(31,32)33)23-17-15-21(27(4,5)6)19-25(23)29(10,11)12;;/h14-19H,1-13H3,(H2,31,32,33);;/q;+1;-1. The molecule has 2 aromatic rings. The van der Waals surface area contributed by atoms with Crippen LogP contribution in [0.25, 0.3) is 0 Å². The second-order valence-corrected chi connectivity index (χ2v) is 15.3. The van der Waals surface area contributed by atoms with Gasteiger partial charge in [-0.25, -0.2) is 4.57 Å². The minimum Gasteiger partial charge on any atom is -1.00 e. The Balaban J connectivity index is 0.00000648. The van der Waals surface area contributed by atoms with Gasteiger partial charge in [0.2, 0.25) is 0 Å². The SMILES string of the molecule is CC(C)(C)c1ccc(C(C)(OP(=O)(O)O)c2ccc(C(C)(C)C)cc2C(C)(C)C)c(C(C)(C)C)c1.[H-].[K+]. The van der Waals surface area contributed by atoms with Gasteiger partial charge in [0.1, 0.15) is 5.60 Å². The molecule has 0 aliphatic carbocycles. The molecule has 0 heterocycles. The molecule has 0 fully saturated rings. The molecule has 2 aromatic carbocycles. The van der Waals surface area contributed by atoms with Crippen LogP contribution >= 0.6 is 7.82 Å². The fraction of sp³-hybridized carbons (Fsp3) is 0.600. The second kappa shape index (κ2) is 11.0. The van der Waals surface area contributed by atoms with Gasteiger partial charge >= 0.3 is 59.2 Å². The Bertz CT molecular complexity index is 1050. The summed E-state index contributed by atoms with van der Waals surface area (Å²) in [6.45, 7) is 27.6. The van der Waals surface area contributed by atoms with Crippen LogP contribution in [0.1, 0.15) is 125 Å². The molecule has 0 aromatic heterocycles. The predicted molar refractivity (Wildman–Crippen MR) is 148 cm³/mol. The van der Waals surface area contributed by atoms with Crippen molar-refractivity contribution in [1.29, 1.82) is 0 Å². The average Bonchev–Trinajstić information content (AvgIpc) is 2.62. The van der Waals surface area contributed by atoms with Crippen molar-refractivity contribution in [3.63, 3.8) is 0 Å². The largest absolute Gasteiger partial charge is 1.00 e. The molecule has 36 heavy (non-hydrogen) atoms. The Kier molecular flexibility index (Phi) is 10.4. The van der Waals surface area contributed by atoms with E-state index >= 15 is 0 Å². The summed E-state index contributed by atoms with van der Waals surface area (Å²) in [4.78, 5) is 20.2. The van der Waals surface area contributed by atoms with Gasteiger partial charge in [-0.3, -0.25) is 4.52 Å². The zero-order chi connectivity index (χ0) is 27.4. The van der Waals surface area contributed by atoms with Crippen molar-refractivity contribution in [2.45, 2.75) is 117 Å². The van der Waals surface area contributed by atoms with Crippen molar-refractivity contribution < 1.29 is 71.7 Å². The summed E-state index contributed by atoms with van der Waals surface area (Å²) in [5.74, 6) is 0. The van der Waals surface area contributed by atoms with Crippen molar-refractivity contribution in [3.8, 4) is 0 Å². The first kappa shape index (κ1) is 34.2. The van der Waals surface area contributed by atoms with E-state index < -0.39 is 13.4 Å². The van der Waals surface area contributed by atoms with Crippen LogP contribution in [0.4, 0.5) is 0 Å². The van der Waals surface area contributed by atoms with Crippen LogP contribution in [-0.4, -0.2) is 9.79 Å². The summed E-state index contributed by atoms with van der Waals surface area (Å²) in [6.07, 6.45) is 0. The fourth-order valence-corrected chi connectivity index (χ4v) is 5.25. The zero-order valence-electron chi connectivity index (χ0n) is 26.1. The molecule has 0 aliphatic rings. The average molecular weight is 543 g/mol. The molecule has 198 valence electrons.